The summed E-state index contributed by atoms with van der Waals surface area (Å²) in [5, 5.41) is 19.6. The third-order valence-electron chi connectivity index (χ3n) is 2.35. The van der Waals surface area contributed by atoms with Gasteiger partial charge in [0.1, 0.15) is 6.10 Å². The summed E-state index contributed by atoms with van der Waals surface area (Å²) >= 11 is 3.06. The predicted molar refractivity (Wildman–Crippen MR) is 67.0 cm³/mol. The first kappa shape index (κ1) is 14.0. The second-order valence-corrected chi connectivity index (χ2v) is 4.15. The third kappa shape index (κ3) is 3.18. The molecule has 4 N–H and O–H groups in total. The Morgan fingerprint density at radius 2 is 2.18 bits per heavy atom. The number of carbonyl (C=O) groups is 1. The van der Waals surface area contributed by atoms with Gasteiger partial charge < -0.3 is 20.7 Å². The van der Waals surface area contributed by atoms with Crippen LogP contribution in [0, 0.1) is 0 Å². The fourth-order valence-electron chi connectivity index (χ4n) is 1.37. The molecule has 0 aliphatic heterocycles. The first-order chi connectivity index (χ1) is 8.01. The first-order valence-corrected chi connectivity index (χ1v) is 6.03. The molecular weight excluding hydrogens is 290 g/mol. The van der Waals surface area contributed by atoms with E-state index in [2.05, 4.69) is 20.7 Å². The van der Waals surface area contributed by atoms with E-state index in [1.807, 2.05) is 0 Å². The standard InChI is InChI=1S/C11H14BrNO4/c1-17-11(16)6-2-3-8(13)7(4-6)10(15)9(14)5-12/h2-4,9-10,14-15H,5,13H2,1H3. The zero-order valence-corrected chi connectivity index (χ0v) is 10.8. The quantitative estimate of drug-likeness (QED) is 0.435. The molecule has 1 aromatic rings. The van der Waals surface area contributed by atoms with E-state index in [-0.39, 0.29) is 10.9 Å². The van der Waals surface area contributed by atoms with E-state index in [0.717, 1.165) is 0 Å². The van der Waals surface area contributed by atoms with Crippen LogP contribution in [0.4, 0.5) is 5.69 Å². The maximum Gasteiger partial charge on any atom is 0.337 e. The number of rotatable bonds is 4. The summed E-state index contributed by atoms with van der Waals surface area (Å²) < 4.78 is 4.56. The molecule has 0 amide bonds. The third-order valence-corrected chi connectivity index (χ3v) is 3.01. The number of esters is 1. The summed E-state index contributed by atoms with van der Waals surface area (Å²) in [6.07, 6.45) is -2.15. The molecule has 2 unspecified atom stereocenters. The van der Waals surface area contributed by atoms with Crippen LogP contribution in [0.25, 0.3) is 0 Å². The van der Waals surface area contributed by atoms with Gasteiger partial charge in [0.05, 0.1) is 18.8 Å². The minimum Gasteiger partial charge on any atom is -0.465 e. The van der Waals surface area contributed by atoms with Crippen molar-refractivity contribution in [3.05, 3.63) is 29.3 Å². The zero-order chi connectivity index (χ0) is 13.0. The molecule has 0 radical (unpaired) electrons. The largest absolute Gasteiger partial charge is 0.465 e. The highest BCUT2D eigenvalue weighted by molar-refractivity contribution is 9.09. The van der Waals surface area contributed by atoms with Crippen molar-refractivity contribution in [2.24, 2.45) is 0 Å². The number of anilines is 1. The molecule has 0 aliphatic rings. The second kappa shape index (κ2) is 6.00. The fraction of sp³-hybridized carbons (Fsp3) is 0.364. The minimum absolute atomic E-state index is 0.204. The SMILES string of the molecule is COC(=O)c1ccc(N)c(C(O)C(O)CBr)c1. The smallest absolute Gasteiger partial charge is 0.337 e. The van der Waals surface area contributed by atoms with Crippen molar-refractivity contribution in [1.29, 1.82) is 0 Å². The van der Waals surface area contributed by atoms with Crippen molar-refractivity contribution >= 4 is 27.6 Å². The van der Waals surface area contributed by atoms with Crippen molar-refractivity contribution in [2.75, 3.05) is 18.2 Å². The number of carbonyl (C=O) groups excluding carboxylic acids is 1. The summed E-state index contributed by atoms with van der Waals surface area (Å²) in [7, 11) is 1.27. The number of halogens is 1. The van der Waals surface area contributed by atoms with Gasteiger partial charge in [-0.05, 0) is 18.2 Å². The van der Waals surface area contributed by atoms with Gasteiger partial charge in [-0.3, -0.25) is 0 Å². The summed E-state index contributed by atoms with van der Waals surface area (Å²) in [4.78, 5) is 11.3. The zero-order valence-electron chi connectivity index (χ0n) is 9.26. The van der Waals surface area contributed by atoms with Gasteiger partial charge in [0.15, 0.2) is 0 Å². The van der Waals surface area contributed by atoms with E-state index in [9.17, 15) is 15.0 Å². The number of aliphatic hydroxyl groups is 2. The number of nitrogen functional groups attached to an aromatic ring is 1. The van der Waals surface area contributed by atoms with Crippen LogP contribution >= 0.6 is 15.9 Å². The summed E-state index contributed by atoms with van der Waals surface area (Å²) in [6, 6.07) is 4.40. The van der Waals surface area contributed by atoms with Gasteiger partial charge in [-0.2, -0.15) is 0 Å². The van der Waals surface area contributed by atoms with Crippen LogP contribution in [0.5, 0.6) is 0 Å². The molecule has 0 aliphatic carbocycles. The van der Waals surface area contributed by atoms with E-state index >= 15 is 0 Å². The molecule has 0 spiro atoms. The van der Waals surface area contributed by atoms with Crippen molar-refractivity contribution in [3.8, 4) is 0 Å². The van der Waals surface area contributed by atoms with Crippen molar-refractivity contribution in [3.63, 3.8) is 0 Å². The monoisotopic (exact) mass is 303 g/mol. The van der Waals surface area contributed by atoms with Crippen LogP contribution in [0.1, 0.15) is 22.0 Å². The number of aliphatic hydroxyl groups excluding tert-OH is 2. The van der Waals surface area contributed by atoms with E-state index in [0.29, 0.717) is 11.3 Å². The molecule has 1 aromatic carbocycles. The fourth-order valence-corrected chi connectivity index (χ4v) is 1.72. The van der Waals surface area contributed by atoms with Crippen molar-refractivity contribution < 1.29 is 19.7 Å². The summed E-state index contributed by atoms with van der Waals surface area (Å²) in [6.45, 7) is 0. The lowest BCUT2D eigenvalue weighted by molar-refractivity contribution is 0.0345. The Morgan fingerprint density at radius 3 is 2.71 bits per heavy atom. The van der Waals surface area contributed by atoms with E-state index in [1.54, 1.807) is 0 Å². The van der Waals surface area contributed by atoms with Crippen LogP contribution in [0.2, 0.25) is 0 Å². The molecule has 94 valence electrons. The molecule has 1 rings (SSSR count). The molecule has 5 nitrogen and oxygen atoms in total. The van der Waals surface area contributed by atoms with E-state index in [1.165, 1.54) is 25.3 Å². The number of ether oxygens (including phenoxy) is 1. The van der Waals surface area contributed by atoms with Gasteiger partial charge in [-0.1, -0.05) is 15.9 Å². The lowest BCUT2D eigenvalue weighted by Gasteiger charge is -2.18. The van der Waals surface area contributed by atoms with Crippen molar-refractivity contribution in [1.82, 2.24) is 0 Å². The van der Waals surface area contributed by atoms with E-state index in [4.69, 9.17) is 5.73 Å². The molecule has 0 saturated heterocycles. The minimum atomic E-state index is -1.15. The molecule has 6 heteroatoms. The van der Waals surface area contributed by atoms with E-state index < -0.39 is 18.2 Å². The molecule has 2 atom stereocenters. The first-order valence-electron chi connectivity index (χ1n) is 4.91. The molecule has 17 heavy (non-hydrogen) atoms. The average molecular weight is 304 g/mol. The van der Waals surface area contributed by atoms with Crippen molar-refractivity contribution in [2.45, 2.75) is 12.2 Å². The van der Waals surface area contributed by atoms with Gasteiger partial charge in [0.2, 0.25) is 0 Å². The topological polar surface area (TPSA) is 92.8 Å². The Morgan fingerprint density at radius 1 is 1.53 bits per heavy atom. The Hall–Kier alpha value is -1.11. The van der Waals surface area contributed by atoms with Crippen LogP contribution in [-0.4, -0.2) is 34.7 Å². The maximum absolute atomic E-state index is 11.3. The number of methoxy groups -OCH3 is 1. The molecular formula is C11H14BrNO4. The van der Waals surface area contributed by atoms with Crippen LogP contribution < -0.4 is 5.73 Å². The number of hydrogen-bond acceptors (Lipinski definition) is 5. The average Bonchev–Trinajstić information content (AvgIpc) is 2.36. The highest BCUT2D eigenvalue weighted by atomic mass is 79.9. The van der Waals surface area contributed by atoms with Crippen LogP contribution in [0.3, 0.4) is 0 Å². The summed E-state index contributed by atoms with van der Waals surface area (Å²) in [5.41, 5.74) is 6.58. The molecule has 0 heterocycles. The normalized spacial score (nSPS) is 14.1. The molecule has 0 saturated carbocycles. The molecule has 0 fully saturated rings. The van der Waals surface area contributed by atoms with Crippen LogP contribution in [0.15, 0.2) is 18.2 Å². The Balaban J connectivity index is 3.10. The number of alkyl halides is 1. The second-order valence-electron chi connectivity index (χ2n) is 3.50. The number of hydrogen-bond donors (Lipinski definition) is 3. The predicted octanol–water partition coefficient (Wildman–Crippen LogP) is 0.845. The summed E-state index contributed by atoms with van der Waals surface area (Å²) in [5.74, 6) is -0.521. The van der Waals surface area contributed by atoms with Gasteiger partial charge >= 0.3 is 5.97 Å². The number of benzene rings is 1. The van der Waals surface area contributed by atoms with Gasteiger partial charge in [0.25, 0.3) is 0 Å². The van der Waals surface area contributed by atoms with Crippen LogP contribution in [-0.2, 0) is 4.74 Å². The van der Waals surface area contributed by atoms with Gasteiger partial charge in [-0.15, -0.1) is 0 Å². The Kier molecular flexibility index (Phi) is 4.92. The maximum atomic E-state index is 11.3. The Labute approximate surface area is 107 Å². The van der Waals surface area contributed by atoms with Gasteiger partial charge in [0, 0.05) is 16.6 Å². The highest BCUT2D eigenvalue weighted by Crippen LogP contribution is 2.25. The van der Waals surface area contributed by atoms with Gasteiger partial charge in [-0.25, -0.2) is 4.79 Å². The highest BCUT2D eigenvalue weighted by Gasteiger charge is 2.21. The lowest BCUT2D eigenvalue weighted by Crippen LogP contribution is -2.21. The molecule has 0 aromatic heterocycles. The lowest BCUT2D eigenvalue weighted by atomic mass is 10.0. The molecule has 0 bridgehead atoms. The number of nitrogens with two attached hydrogens (primary N) is 1. The Bertz CT molecular complexity index is 410.